The highest BCUT2D eigenvalue weighted by Crippen LogP contribution is 2.50. The Labute approximate surface area is 217 Å². The molecule has 0 amide bonds. The number of nitrogens with one attached hydrogen (secondary N) is 2. The summed E-state index contributed by atoms with van der Waals surface area (Å²) < 4.78 is 35.0. The number of anilines is 2. The average molecular weight is 525 g/mol. The van der Waals surface area contributed by atoms with E-state index in [1.165, 1.54) is 0 Å². The van der Waals surface area contributed by atoms with Crippen LogP contribution in [0.5, 0.6) is 0 Å². The third-order valence-corrected chi connectivity index (χ3v) is 8.81. The van der Waals surface area contributed by atoms with Gasteiger partial charge in [-0.15, -0.1) is 0 Å². The number of halogens is 1. The first kappa shape index (κ1) is 24.8. The van der Waals surface area contributed by atoms with E-state index < -0.39 is 10.0 Å². The van der Waals surface area contributed by atoms with Crippen molar-refractivity contribution in [2.24, 2.45) is 11.8 Å². The number of rotatable bonds is 6. The molecule has 0 saturated carbocycles. The van der Waals surface area contributed by atoms with Crippen LogP contribution in [0.25, 0.3) is 0 Å². The molecule has 0 radical (unpaired) electrons. The van der Waals surface area contributed by atoms with Gasteiger partial charge in [0.2, 0.25) is 0 Å². The molecule has 0 bridgehead atoms. The maximum atomic E-state index is 13.2. The average Bonchev–Trinajstić information content (AvgIpc) is 3.35. The summed E-state index contributed by atoms with van der Waals surface area (Å²) in [4.78, 5) is 12.5. The van der Waals surface area contributed by atoms with E-state index in [0.29, 0.717) is 22.9 Å². The van der Waals surface area contributed by atoms with E-state index in [0.717, 1.165) is 28.8 Å². The maximum Gasteiger partial charge on any atom is 0.261 e. The smallest absolute Gasteiger partial charge is 0.261 e. The number of ether oxygens (including phenoxy) is 1. The van der Waals surface area contributed by atoms with Crippen molar-refractivity contribution in [1.82, 2.24) is 0 Å². The number of carbonyl (C=O) groups excluding carboxylic acids is 1. The van der Waals surface area contributed by atoms with Gasteiger partial charge in [0.1, 0.15) is 0 Å². The van der Waals surface area contributed by atoms with E-state index in [1.54, 1.807) is 36.4 Å². The normalized spacial score (nSPS) is 21.0. The summed E-state index contributed by atoms with van der Waals surface area (Å²) in [5.41, 5.74) is 4.76. The molecule has 0 aromatic heterocycles. The number of hydrogen-bond donors (Lipinski definition) is 2. The summed E-state index contributed by atoms with van der Waals surface area (Å²) in [5.74, 6) is 0.220. The van der Waals surface area contributed by atoms with Gasteiger partial charge in [0, 0.05) is 40.3 Å². The standard InChI is InChI=1S/C28H29ClN2O4S/c1-16(2)27(32)19-7-5-18(6-8-19)26-22-12-13-35-28(22)23-15-21(10-11-25(23)30-26)36(33,34)31-20-9-4-17(3)24(29)14-20/h4-11,14-16,22,26,28,30-31H,12-13H2,1-3H3/t22-,26?,28-/m0/s1. The summed E-state index contributed by atoms with van der Waals surface area (Å²) in [5, 5.41) is 4.10. The van der Waals surface area contributed by atoms with Crippen molar-refractivity contribution in [1.29, 1.82) is 0 Å². The lowest BCUT2D eigenvalue weighted by molar-refractivity contribution is 0.0827. The zero-order chi connectivity index (χ0) is 25.6. The molecule has 3 aromatic carbocycles. The Balaban J connectivity index is 1.43. The molecule has 2 aliphatic heterocycles. The molecule has 3 atom stereocenters. The van der Waals surface area contributed by atoms with Crippen LogP contribution in [0.3, 0.4) is 0 Å². The lowest BCUT2D eigenvalue weighted by atomic mass is 9.81. The molecule has 2 aliphatic rings. The van der Waals surface area contributed by atoms with Gasteiger partial charge < -0.3 is 10.1 Å². The highest BCUT2D eigenvalue weighted by atomic mass is 35.5. The first-order chi connectivity index (χ1) is 17.1. The minimum atomic E-state index is -3.81. The van der Waals surface area contributed by atoms with Crippen LogP contribution >= 0.6 is 11.6 Å². The largest absolute Gasteiger partial charge is 0.378 e. The van der Waals surface area contributed by atoms with E-state index in [-0.39, 0.29) is 34.7 Å². The van der Waals surface area contributed by atoms with Crippen LogP contribution in [-0.2, 0) is 14.8 Å². The van der Waals surface area contributed by atoms with Gasteiger partial charge in [-0.25, -0.2) is 8.42 Å². The third kappa shape index (κ3) is 4.63. The van der Waals surface area contributed by atoms with E-state index in [2.05, 4.69) is 10.0 Å². The fourth-order valence-electron chi connectivity index (χ4n) is 5.01. The molecule has 36 heavy (non-hydrogen) atoms. The molecular formula is C28H29ClN2O4S. The van der Waals surface area contributed by atoms with Crippen molar-refractivity contribution >= 4 is 38.8 Å². The lowest BCUT2D eigenvalue weighted by Gasteiger charge is -2.36. The van der Waals surface area contributed by atoms with E-state index >= 15 is 0 Å². The zero-order valence-electron chi connectivity index (χ0n) is 20.4. The van der Waals surface area contributed by atoms with Crippen LogP contribution in [0.1, 0.15) is 59.5 Å². The first-order valence-electron chi connectivity index (χ1n) is 12.1. The van der Waals surface area contributed by atoms with E-state index in [1.807, 2.05) is 45.0 Å². The molecule has 2 heterocycles. The molecule has 3 aromatic rings. The Morgan fingerprint density at radius 2 is 1.83 bits per heavy atom. The van der Waals surface area contributed by atoms with Crippen molar-refractivity contribution < 1.29 is 17.9 Å². The van der Waals surface area contributed by atoms with Gasteiger partial charge in [-0.2, -0.15) is 0 Å². The van der Waals surface area contributed by atoms with Gasteiger partial charge in [0.05, 0.1) is 22.7 Å². The monoisotopic (exact) mass is 524 g/mol. The minimum Gasteiger partial charge on any atom is -0.378 e. The second kappa shape index (κ2) is 9.54. The molecule has 6 nitrogen and oxygen atoms in total. The fourth-order valence-corrected chi connectivity index (χ4v) is 6.27. The van der Waals surface area contributed by atoms with Crippen molar-refractivity contribution in [3.63, 3.8) is 0 Å². The summed E-state index contributed by atoms with van der Waals surface area (Å²) in [6, 6.07) is 18.0. The number of benzene rings is 3. The Hall–Kier alpha value is -2.87. The van der Waals surface area contributed by atoms with Crippen LogP contribution in [0.2, 0.25) is 5.02 Å². The highest BCUT2D eigenvalue weighted by molar-refractivity contribution is 7.92. The van der Waals surface area contributed by atoms with Crippen molar-refractivity contribution in [2.45, 2.75) is 44.2 Å². The van der Waals surface area contributed by atoms with Crippen LogP contribution in [0.15, 0.2) is 65.6 Å². The van der Waals surface area contributed by atoms with Crippen molar-refractivity contribution in [3.8, 4) is 0 Å². The molecule has 2 N–H and O–H groups in total. The van der Waals surface area contributed by atoms with Crippen molar-refractivity contribution in [3.05, 3.63) is 87.9 Å². The molecule has 188 valence electrons. The van der Waals surface area contributed by atoms with Crippen LogP contribution in [0.4, 0.5) is 11.4 Å². The van der Waals surface area contributed by atoms with Gasteiger partial charge in [0.25, 0.3) is 10.0 Å². The fraction of sp³-hybridized carbons (Fsp3) is 0.321. The molecule has 0 spiro atoms. The maximum absolute atomic E-state index is 13.2. The molecule has 8 heteroatoms. The topological polar surface area (TPSA) is 84.5 Å². The molecular weight excluding hydrogens is 496 g/mol. The zero-order valence-corrected chi connectivity index (χ0v) is 22.0. The predicted molar refractivity (Wildman–Crippen MR) is 142 cm³/mol. The minimum absolute atomic E-state index is 0.00323. The first-order valence-corrected chi connectivity index (χ1v) is 14.0. The van der Waals surface area contributed by atoms with E-state index in [9.17, 15) is 13.2 Å². The Morgan fingerprint density at radius 1 is 1.08 bits per heavy atom. The van der Waals surface area contributed by atoms with Gasteiger partial charge in [-0.3, -0.25) is 9.52 Å². The van der Waals surface area contributed by atoms with Gasteiger partial charge in [-0.05, 0) is 54.8 Å². The summed E-state index contributed by atoms with van der Waals surface area (Å²) in [7, 11) is -3.81. The second-order valence-electron chi connectivity index (χ2n) is 9.83. The van der Waals surface area contributed by atoms with Gasteiger partial charge in [0.15, 0.2) is 5.78 Å². The summed E-state index contributed by atoms with van der Waals surface area (Å²) in [6.07, 6.45) is 0.637. The Kier molecular flexibility index (Phi) is 6.57. The molecule has 1 fully saturated rings. The number of ketones is 1. The van der Waals surface area contributed by atoms with E-state index in [4.69, 9.17) is 16.3 Å². The lowest BCUT2D eigenvalue weighted by Crippen LogP contribution is -2.29. The number of hydrogen-bond acceptors (Lipinski definition) is 5. The molecule has 0 aliphatic carbocycles. The predicted octanol–water partition coefficient (Wildman–Crippen LogP) is 6.53. The molecule has 1 unspecified atom stereocenters. The van der Waals surface area contributed by atoms with Crippen LogP contribution in [-0.4, -0.2) is 20.8 Å². The van der Waals surface area contributed by atoms with Gasteiger partial charge in [-0.1, -0.05) is 55.8 Å². The number of sulfonamides is 1. The number of fused-ring (bicyclic) bond motifs is 3. The summed E-state index contributed by atoms with van der Waals surface area (Å²) >= 11 is 6.17. The van der Waals surface area contributed by atoms with Gasteiger partial charge >= 0.3 is 0 Å². The third-order valence-electron chi connectivity index (χ3n) is 7.02. The highest BCUT2D eigenvalue weighted by Gasteiger charge is 2.42. The molecule has 5 rings (SSSR count). The van der Waals surface area contributed by atoms with Crippen LogP contribution in [0, 0.1) is 18.8 Å². The second-order valence-corrected chi connectivity index (χ2v) is 11.9. The number of carbonyl (C=O) groups is 1. The Bertz CT molecular complexity index is 1420. The SMILES string of the molecule is Cc1ccc(NS(=O)(=O)c2ccc3c(c2)[C@H]2OCC[C@H]2C(c2ccc(C(=O)C(C)C)cc2)N3)cc1Cl. The molecule has 1 saturated heterocycles. The van der Waals surface area contributed by atoms with Crippen molar-refractivity contribution in [2.75, 3.05) is 16.6 Å². The number of aryl methyl sites for hydroxylation is 1. The van der Waals surface area contributed by atoms with Crippen LogP contribution < -0.4 is 10.0 Å². The quantitative estimate of drug-likeness (QED) is 0.358. The Morgan fingerprint density at radius 3 is 2.53 bits per heavy atom. The summed E-state index contributed by atoms with van der Waals surface area (Å²) in [6.45, 7) is 6.27. The number of Topliss-reactive ketones (excluding diaryl/α,β-unsaturated/α-hetero) is 1.